The molecule has 0 bridgehead atoms. The van der Waals surface area contributed by atoms with E-state index < -0.39 is 34.2 Å². The van der Waals surface area contributed by atoms with Crippen LogP contribution in [0.3, 0.4) is 0 Å². The van der Waals surface area contributed by atoms with Gasteiger partial charge in [-0.15, -0.1) is 0 Å². The second kappa shape index (κ2) is 8.01. The van der Waals surface area contributed by atoms with Crippen LogP contribution < -0.4 is 10.6 Å². The van der Waals surface area contributed by atoms with Gasteiger partial charge in [0.1, 0.15) is 13.2 Å². The lowest BCUT2D eigenvalue weighted by atomic mass is 10.4. The number of rotatable bonds is 8. The first-order valence-electron chi connectivity index (χ1n) is 5.31. The van der Waals surface area contributed by atoms with Crippen molar-refractivity contribution in [3.63, 3.8) is 0 Å². The zero-order valence-electron chi connectivity index (χ0n) is 10.3. The molecule has 0 aromatic carbocycles. The van der Waals surface area contributed by atoms with Crippen LogP contribution in [0.25, 0.3) is 0 Å². The standard InChI is InChI=1S/C9H18N2O6S/c1-7(2)11-6-17-9(13)5-8(12)10-3-4-18(14,15)16/h7,11H,3-6H2,1-2H3,(H,10,12)(H,14,15,16). The maximum atomic E-state index is 11.1. The van der Waals surface area contributed by atoms with Crippen molar-refractivity contribution in [2.45, 2.75) is 26.3 Å². The summed E-state index contributed by atoms with van der Waals surface area (Å²) in [5.74, 6) is -1.97. The molecule has 0 rings (SSSR count). The van der Waals surface area contributed by atoms with Gasteiger partial charge in [-0.2, -0.15) is 8.42 Å². The van der Waals surface area contributed by atoms with Gasteiger partial charge in [0.15, 0.2) is 0 Å². The number of amides is 1. The summed E-state index contributed by atoms with van der Waals surface area (Å²) in [6, 6.07) is 0.154. The van der Waals surface area contributed by atoms with Gasteiger partial charge in [-0.25, -0.2) is 0 Å². The number of carbonyl (C=O) groups is 2. The lowest BCUT2D eigenvalue weighted by Crippen LogP contribution is -2.32. The Bertz CT molecular complexity index is 379. The minimum atomic E-state index is -4.11. The lowest BCUT2D eigenvalue weighted by molar-refractivity contribution is -0.147. The first-order chi connectivity index (χ1) is 8.20. The van der Waals surface area contributed by atoms with Gasteiger partial charge in [0, 0.05) is 12.6 Å². The van der Waals surface area contributed by atoms with E-state index in [-0.39, 0.29) is 19.3 Å². The van der Waals surface area contributed by atoms with Crippen molar-refractivity contribution in [3.8, 4) is 0 Å². The number of carbonyl (C=O) groups excluding carboxylic acids is 2. The summed E-state index contributed by atoms with van der Waals surface area (Å²) in [4.78, 5) is 22.2. The highest BCUT2D eigenvalue weighted by Gasteiger charge is 2.11. The fourth-order valence-electron chi connectivity index (χ4n) is 0.853. The molecular weight excluding hydrogens is 264 g/mol. The molecule has 0 heterocycles. The fraction of sp³-hybridized carbons (Fsp3) is 0.778. The van der Waals surface area contributed by atoms with Gasteiger partial charge in [0.2, 0.25) is 5.91 Å². The highest BCUT2D eigenvalue weighted by molar-refractivity contribution is 7.85. The van der Waals surface area contributed by atoms with Gasteiger partial charge in [-0.3, -0.25) is 19.5 Å². The SMILES string of the molecule is CC(C)NCOC(=O)CC(=O)NCCS(=O)(=O)O. The van der Waals surface area contributed by atoms with Crippen molar-refractivity contribution in [2.24, 2.45) is 0 Å². The van der Waals surface area contributed by atoms with Crippen LogP contribution in [0, 0.1) is 0 Å². The van der Waals surface area contributed by atoms with Gasteiger partial charge in [-0.05, 0) is 13.8 Å². The second-order valence-corrected chi connectivity index (χ2v) is 5.40. The average Bonchev–Trinajstić information content (AvgIpc) is 2.14. The van der Waals surface area contributed by atoms with Crippen molar-refractivity contribution >= 4 is 22.0 Å². The first-order valence-corrected chi connectivity index (χ1v) is 6.92. The maximum Gasteiger partial charge on any atom is 0.316 e. The van der Waals surface area contributed by atoms with Crippen LogP contribution in [0.2, 0.25) is 0 Å². The molecule has 8 nitrogen and oxygen atoms in total. The largest absolute Gasteiger partial charge is 0.449 e. The Labute approximate surface area is 106 Å². The van der Waals surface area contributed by atoms with Crippen molar-refractivity contribution in [2.75, 3.05) is 19.0 Å². The van der Waals surface area contributed by atoms with E-state index in [1.165, 1.54) is 0 Å². The van der Waals surface area contributed by atoms with Crippen LogP contribution in [-0.4, -0.2) is 49.9 Å². The van der Waals surface area contributed by atoms with Crippen molar-refractivity contribution in [1.29, 1.82) is 0 Å². The Kier molecular flexibility index (Phi) is 7.48. The molecule has 0 aromatic heterocycles. The smallest absolute Gasteiger partial charge is 0.316 e. The molecule has 0 aliphatic heterocycles. The third-order valence-corrected chi connectivity index (χ3v) is 2.43. The molecule has 106 valence electrons. The molecule has 0 aromatic rings. The van der Waals surface area contributed by atoms with Gasteiger partial charge >= 0.3 is 5.97 Å². The third kappa shape index (κ3) is 11.3. The van der Waals surface area contributed by atoms with E-state index in [0.29, 0.717) is 0 Å². The van der Waals surface area contributed by atoms with E-state index in [0.717, 1.165) is 0 Å². The number of hydrogen-bond acceptors (Lipinski definition) is 6. The Hall–Kier alpha value is -1.19. The molecule has 3 N–H and O–H groups in total. The van der Waals surface area contributed by atoms with Gasteiger partial charge in [-0.1, -0.05) is 0 Å². The van der Waals surface area contributed by atoms with Crippen LogP contribution in [-0.2, 0) is 24.4 Å². The normalized spacial score (nSPS) is 11.3. The van der Waals surface area contributed by atoms with E-state index >= 15 is 0 Å². The first kappa shape index (κ1) is 16.8. The molecule has 0 radical (unpaired) electrons. The van der Waals surface area contributed by atoms with E-state index in [9.17, 15) is 18.0 Å². The highest BCUT2D eigenvalue weighted by Crippen LogP contribution is 1.87. The second-order valence-electron chi connectivity index (χ2n) is 3.83. The molecule has 0 fully saturated rings. The molecule has 0 spiro atoms. The highest BCUT2D eigenvalue weighted by atomic mass is 32.2. The summed E-state index contributed by atoms with van der Waals surface area (Å²) in [7, 11) is -4.11. The summed E-state index contributed by atoms with van der Waals surface area (Å²) in [6.45, 7) is 3.50. The zero-order valence-corrected chi connectivity index (χ0v) is 11.1. The molecule has 0 aliphatic carbocycles. The van der Waals surface area contributed by atoms with Crippen LogP contribution in [0.4, 0.5) is 0 Å². The van der Waals surface area contributed by atoms with Crippen molar-refractivity contribution < 1.29 is 27.3 Å². The van der Waals surface area contributed by atoms with Crippen LogP contribution in [0.1, 0.15) is 20.3 Å². The number of ether oxygens (including phenoxy) is 1. The van der Waals surface area contributed by atoms with Crippen LogP contribution in [0.15, 0.2) is 0 Å². The minimum Gasteiger partial charge on any atom is -0.449 e. The fourth-order valence-corrected chi connectivity index (χ4v) is 1.21. The molecule has 1 amide bonds. The molecule has 0 saturated heterocycles. The van der Waals surface area contributed by atoms with Crippen LogP contribution >= 0.6 is 0 Å². The molecule has 0 aliphatic rings. The summed E-state index contributed by atoms with van der Waals surface area (Å²) in [5, 5.41) is 5.00. The quantitative estimate of drug-likeness (QED) is 0.223. The van der Waals surface area contributed by atoms with Crippen molar-refractivity contribution in [3.05, 3.63) is 0 Å². The maximum absolute atomic E-state index is 11.1. The molecule has 0 atom stereocenters. The molecule has 9 heteroatoms. The summed E-state index contributed by atoms with van der Waals surface area (Å²) in [5.41, 5.74) is 0. The van der Waals surface area contributed by atoms with E-state index in [4.69, 9.17) is 9.29 Å². The molecular formula is C9H18N2O6S. The summed E-state index contributed by atoms with van der Waals surface area (Å²) in [6.07, 6.45) is -0.495. The molecule has 0 saturated carbocycles. The summed E-state index contributed by atoms with van der Waals surface area (Å²) >= 11 is 0. The minimum absolute atomic E-state index is 0.00873. The number of nitrogens with one attached hydrogen (secondary N) is 2. The van der Waals surface area contributed by atoms with Gasteiger partial charge in [0.05, 0.1) is 5.75 Å². The predicted octanol–water partition coefficient (Wildman–Crippen LogP) is -1.12. The Morgan fingerprint density at radius 1 is 1.33 bits per heavy atom. The topological polar surface area (TPSA) is 122 Å². The average molecular weight is 282 g/mol. The van der Waals surface area contributed by atoms with E-state index in [2.05, 4.69) is 10.6 Å². The van der Waals surface area contributed by atoms with E-state index in [1.807, 2.05) is 13.8 Å². The van der Waals surface area contributed by atoms with Crippen molar-refractivity contribution in [1.82, 2.24) is 10.6 Å². The lowest BCUT2D eigenvalue weighted by Gasteiger charge is -2.09. The van der Waals surface area contributed by atoms with Crippen LogP contribution in [0.5, 0.6) is 0 Å². The molecule has 18 heavy (non-hydrogen) atoms. The van der Waals surface area contributed by atoms with Gasteiger partial charge in [0.25, 0.3) is 10.1 Å². The number of hydrogen-bond donors (Lipinski definition) is 3. The van der Waals surface area contributed by atoms with Gasteiger partial charge < -0.3 is 10.1 Å². The third-order valence-electron chi connectivity index (χ3n) is 1.71. The predicted molar refractivity (Wildman–Crippen MR) is 63.3 cm³/mol. The zero-order chi connectivity index (χ0) is 14.2. The Morgan fingerprint density at radius 2 is 1.94 bits per heavy atom. The number of esters is 1. The monoisotopic (exact) mass is 282 g/mol. The summed E-state index contributed by atoms with van der Waals surface area (Å²) < 4.78 is 33.8. The van der Waals surface area contributed by atoms with E-state index in [1.54, 1.807) is 0 Å². The molecule has 0 unspecified atom stereocenters. The Balaban J connectivity index is 3.71. The Morgan fingerprint density at radius 3 is 2.44 bits per heavy atom.